The monoisotopic (exact) mass is 256 g/mol. The standard InChI is InChI=1S/C18H24O/c1-11-3-4-17(12(2)5-11)18(19)15-7-13-6-14(9-15)10-16(18)8-13/h3-5,13-16,19H,6-10H2,1-2H3. The van der Waals surface area contributed by atoms with Gasteiger partial charge in [0.15, 0.2) is 0 Å². The lowest BCUT2D eigenvalue weighted by Crippen LogP contribution is -2.55. The lowest BCUT2D eigenvalue weighted by Gasteiger charge is -2.59. The van der Waals surface area contributed by atoms with Gasteiger partial charge in [-0.2, -0.15) is 0 Å². The van der Waals surface area contributed by atoms with E-state index in [0.717, 1.165) is 11.8 Å². The quantitative estimate of drug-likeness (QED) is 0.806. The highest BCUT2D eigenvalue weighted by atomic mass is 16.3. The van der Waals surface area contributed by atoms with Crippen molar-refractivity contribution >= 4 is 0 Å². The minimum absolute atomic E-state index is 0.519. The second-order valence-electron chi connectivity index (χ2n) is 7.45. The van der Waals surface area contributed by atoms with Crippen molar-refractivity contribution in [1.82, 2.24) is 0 Å². The van der Waals surface area contributed by atoms with Crippen LogP contribution in [0.1, 0.15) is 48.8 Å². The summed E-state index contributed by atoms with van der Waals surface area (Å²) in [5.41, 5.74) is 3.29. The Morgan fingerprint density at radius 1 is 0.947 bits per heavy atom. The lowest BCUT2D eigenvalue weighted by atomic mass is 9.48. The van der Waals surface area contributed by atoms with Crippen molar-refractivity contribution in [3.8, 4) is 0 Å². The highest BCUT2D eigenvalue weighted by Gasteiger charge is 2.57. The molecule has 102 valence electrons. The molecule has 0 amide bonds. The van der Waals surface area contributed by atoms with E-state index in [0.29, 0.717) is 11.8 Å². The van der Waals surface area contributed by atoms with Crippen molar-refractivity contribution in [1.29, 1.82) is 0 Å². The molecule has 0 aromatic heterocycles. The molecule has 0 heterocycles. The van der Waals surface area contributed by atoms with Gasteiger partial charge in [0.2, 0.25) is 0 Å². The number of aryl methyl sites for hydroxylation is 2. The van der Waals surface area contributed by atoms with E-state index in [1.807, 2.05) is 0 Å². The van der Waals surface area contributed by atoms with E-state index in [-0.39, 0.29) is 0 Å². The zero-order valence-corrected chi connectivity index (χ0v) is 12.0. The molecule has 1 heteroatoms. The predicted molar refractivity (Wildman–Crippen MR) is 76.9 cm³/mol. The van der Waals surface area contributed by atoms with Crippen LogP contribution in [0.15, 0.2) is 18.2 Å². The number of hydrogen-bond acceptors (Lipinski definition) is 1. The summed E-state index contributed by atoms with van der Waals surface area (Å²) >= 11 is 0. The van der Waals surface area contributed by atoms with Gasteiger partial charge in [-0.25, -0.2) is 0 Å². The highest BCUT2D eigenvalue weighted by molar-refractivity contribution is 5.37. The third-order valence-corrected chi connectivity index (χ3v) is 6.20. The Morgan fingerprint density at radius 2 is 1.53 bits per heavy atom. The molecule has 1 aromatic rings. The molecule has 4 saturated carbocycles. The molecule has 5 rings (SSSR count). The van der Waals surface area contributed by atoms with Crippen LogP contribution in [0.4, 0.5) is 0 Å². The maximum absolute atomic E-state index is 11.5. The summed E-state index contributed by atoms with van der Waals surface area (Å²) in [6.07, 6.45) is 6.48. The molecule has 4 bridgehead atoms. The third kappa shape index (κ3) is 1.57. The number of rotatable bonds is 1. The largest absolute Gasteiger partial charge is 0.385 e. The highest BCUT2D eigenvalue weighted by Crippen LogP contribution is 2.62. The number of hydrogen-bond donors (Lipinski definition) is 1. The van der Waals surface area contributed by atoms with Gasteiger partial charge in [0.25, 0.3) is 0 Å². The minimum atomic E-state index is -0.523. The molecule has 0 spiro atoms. The molecule has 1 N–H and O–H groups in total. The summed E-state index contributed by atoms with van der Waals surface area (Å²) in [5.74, 6) is 2.86. The van der Waals surface area contributed by atoms with Gasteiger partial charge < -0.3 is 5.11 Å². The fourth-order valence-corrected chi connectivity index (χ4v) is 5.61. The van der Waals surface area contributed by atoms with E-state index in [2.05, 4.69) is 32.0 Å². The summed E-state index contributed by atoms with van der Waals surface area (Å²) in [5, 5.41) is 11.5. The van der Waals surface area contributed by atoms with Gasteiger partial charge in [-0.05, 0) is 80.8 Å². The Kier molecular flexibility index (Phi) is 2.42. The molecule has 4 aliphatic carbocycles. The van der Waals surface area contributed by atoms with Crippen LogP contribution in [0.25, 0.3) is 0 Å². The van der Waals surface area contributed by atoms with Crippen LogP contribution in [-0.4, -0.2) is 5.11 Å². The maximum Gasteiger partial charge on any atom is 0.0955 e. The van der Waals surface area contributed by atoms with Crippen molar-refractivity contribution in [3.63, 3.8) is 0 Å². The van der Waals surface area contributed by atoms with Gasteiger partial charge in [0, 0.05) is 0 Å². The molecule has 0 atom stereocenters. The predicted octanol–water partition coefficient (Wildman–Crippen LogP) is 3.95. The molecule has 0 unspecified atom stereocenters. The Labute approximate surface area is 116 Å². The molecule has 0 radical (unpaired) electrons. The van der Waals surface area contributed by atoms with E-state index in [9.17, 15) is 5.11 Å². The first-order valence-corrected chi connectivity index (χ1v) is 7.87. The zero-order chi connectivity index (χ0) is 13.2. The van der Waals surface area contributed by atoms with Crippen molar-refractivity contribution in [2.45, 2.75) is 51.6 Å². The fourth-order valence-electron chi connectivity index (χ4n) is 5.61. The second kappa shape index (κ2) is 3.85. The normalized spacial score (nSPS) is 43.7. The van der Waals surface area contributed by atoms with Gasteiger partial charge >= 0.3 is 0 Å². The van der Waals surface area contributed by atoms with Crippen LogP contribution in [0, 0.1) is 37.5 Å². The number of benzene rings is 1. The first kappa shape index (κ1) is 12.0. The Balaban J connectivity index is 1.80. The van der Waals surface area contributed by atoms with Gasteiger partial charge in [0.05, 0.1) is 5.60 Å². The van der Waals surface area contributed by atoms with Gasteiger partial charge in [-0.1, -0.05) is 23.8 Å². The molecule has 0 saturated heterocycles. The average Bonchev–Trinajstić information content (AvgIpc) is 2.34. The SMILES string of the molecule is Cc1ccc(C2(O)C3CC4CC(C3)CC2C4)c(C)c1. The minimum Gasteiger partial charge on any atom is -0.385 e. The summed E-state index contributed by atoms with van der Waals surface area (Å²) in [4.78, 5) is 0. The van der Waals surface area contributed by atoms with Gasteiger partial charge in [-0.15, -0.1) is 0 Å². The summed E-state index contributed by atoms with van der Waals surface area (Å²) in [6.45, 7) is 4.31. The molecule has 1 aromatic carbocycles. The van der Waals surface area contributed by atoms with E-state index >= 15 is 0 Å². The van der Waals surface area contributed by atoms with Crippen LogP contribution in [0.5, 0.6) is 0 Å². The van der Waals surface area contributed by atoms with Crippen molar-refractivity contribution in [2.75, 3.05) is 0 Å². The van der Waals surface area contributed by atoms with E-state index in [1.54, 1.807) is 0 Å². The molecular formula is C18H24O. The van der Waals surface area contributed by atoms with Crippen LogP contribution < -0.4 is 0 Å². The summed E-state index contributed by atoms with van der Waals surface area (Å²) in [6, 6.07) is 6.61. The van der Waals surface area contributed by atoms with Crippen LogP contribution in [0.2, 0.25) is 0 Å². The smallest absolute Gasteiger partial charge is 0.0955 e. The topological polar surface area (TPSA) is 20.2 Å². The zero-order valence-electron chi connectivity index (χ0n) is 12.0. The maximum atomic E-state index is 11.5. The second-order valence-corrected chi connectivity index (χ2v) is 7.45. The lowest BCUT2D eigenvalue weighted by molar-refractivity contribution is -0.179. The van der Waals surface area contributed by atoms with Crippen molar-refractivity contribution in [3.05, 3.63) is 34.9 Å². The fraction of sp³-hybridized carbons (Fsp3) is 0.667. The molecule has 0 aliphatic heterocycles. The van der Waals surface area contributed by atoms with E-state index < -0.39 is 5.60 Å². The van der Waals surface area contributed by atoms with E-state index in [1.165, 1.54) is 48.8 Å². The Bertz CT molecular complexity index is 488. The molecule has 19 heavy (non-hydrogen) atoms. The molecule has 4 aliphatic rings. The van der Waals surface area contributed by atoms with Crippen LogP contribution >= 0.6 is 0 Å². The van der Waals surface area contributed by atoms with Crippen molar-refractivity contribution < 1.29 is 5.11 Å². The number of aliphatic hydroxyl groups is 1. The first-order chi connectivity index (χ1) is 9.07. The average molecular weight is 256 g/mol. The Hall–Kier alpha value is -0.820. The third-order valence-electron chi connectivity index (χ3n) is 6.20. The van der Waals surface area contributed by atoms with Crippen molar-refractivity contribution in [2.24, 2.45) is 23.7 Å². The van der Waals surface area contributed by atoms with Gasteiger partial charge in [-0.3, -0.25) is 0 Å². The Morgan fingerprint density at radius 3 is 2.05 bits per heavy atom. The summed E-state index contributed by atoms with van der Waals surface area (Å²) < 4.78 is 0. The molecule has 1 nitrogen and oxygen atoms in total. The van der Waals surface area contributed by atoms with Gasteiger partial charge in [0.1, 0.15) is 0 Å². The molecular weight excluding hydrogens is 232 g/mol. The van der Waals surface area contributed by atoms with Crippen LogP contribution in [-0.2, 0) is 5.60 Å². The van der Waals surface area contributed by atoms with E-state index in [4.69, 9.17) is 0 Å². The summed E-state index contributed by atoms with van der Waals surface area (Å²) in [7, 11) is 0. The first-order valence-electron chi connectivity index (χ1n) is 7.87. The van der Waals surface area contributed by atoms with Crippen LogP contribution in [0.3, 0.4) is 0 Å². The molecule has 4 fully saturated rings.